The molecule has 4 aromatic heterocycles. The second kappa shape index (κ2) is 5.96. The molecule has 142 valence electrons. The zero-order valence-electron chi connectivity index (χ0n) is 15.4. The summed E-state index contributed by atoms with van der Waals surface area (Å²) < 4.78 is 26.2. The van der Waals surface area contributed by atoms with Gasteiger partial charge in [0.1, 0.15) is 5.65 Å². The number of nitrogens with zero attached hydrogens (tertiary/aromatic N) is 5. The number of hydrogen-bond donors (Lipinski definition) is 1. The lowest BCUT2D eigenvalue weighted by Crippen LogP contribution is -2.20. The van der Waals surface area contributed by atoms with Crippen molar-refractivity contribution < 1.29 is 8.42 Å². The van der Waals surface area contributed by atoms with Gasteiger partial charge in [0.05, 0.1) is 17.6 Å². The smallest absolute Gasteiger partial charge is 0.247 e. The van der Waals surface area contributed by atoms with Crippen LogP contribution >= 0.6 is 0 Å². The summed E-state index contributed by atoms with van der Waals surface area (Å²) in [7, 11) is -3.40. The lowest BCUT2D eigenvalue weighted by atomic mass is 10.1. The summed E-state index contributed by atoms with van der Waals surface area (Å²) in [6.07, 6.45) is 7.83. The highest BCUT2D eigenvalue weighted by atomic mass is 32.2. The summed E-state index contributed by atoms with van der Waals surface area (Å²) in [5.41, 5.74) is 4.77. The minimum Gasteiger partial charge on any atom is -0.345 e. The van der Waals surface area contributed by atoms with Crippen LogP contribution in [0.5, 0.6) is 0 Å². The number of rotatable bonds is 3. The number of aryl methyl sites for hydroxylation is 1. The zero-order chi connectivity index (χ0) is 19.5. The fourth-order valence-electron chi connectivity index (χ4n) is 3.35. The second-order valence-electron chi connectivity index (χ2n) is 7.22. The van der Waals surface area contributed by atoms with Crippen molar-refractivity contribution in [3.05, 3.63) is 42.6 Å². The van der Waals surface area contributed by atoms with Crippen LogP contribution in [0.2, 0.25) is 0 Å². The molecule has 5 rings (SSSR count). The van der Waals surface area contributed by atoms with E-state index in [2.05, 4.69) is 38.9 Å². The minimum absolute atomic E-state index is 0.0634. The molecule has 0 amide bonds. The van der Waals surface area contributed by atoms with Gasteiger partial charge in [-0.05, 0) is 26.0 Å². The maximum atomic E-state index is 12.2. The average molecular weight is 394 g/mol. The lowest BCUT2D eigenvalue weighted by Gasteiger charge is -2.12. The van der Waals surface area contributed by atoms with Gasteiger partial charge in [0.2, 0.25) is 15.0 Å². The third-order valence-electron chi connectivity index (χ3n) is 4.93. The first kappa shape index (κ1) is 17.1. The Morgan fingerprint density at radius 2 is 2.00 bits per heavy atom. The predicted molar refractivity (Wildman–Crippen MR) is 104 cm³/mol. The molecule has 8 nitrogen and oxygen atoms in total. The van der Waals surface area contributed by atoms with Crippen LogP contribution in [0.3, 0.4) is 0 Å². The van der Waals surface area contributed by atoms with Gasteiger partial charge in [0, 0.05) is 58.8 Å². The zero-order valence-corrected chi connectivity index (χ0v) is 16.2. The fraction of sp³-hybridized carbons (Fsp3) is 0.263. The van der Waals surface area contributed by atoms with Gasteiger partial charge < -0.3 is 4.98 Å². The number of aromatic amines is 1. The normalized spacial score (nSPS) is 15.4. The molecular formula is C19H18N6O2S. The lowest BCUT2D eigenvalue weighted by molar-refractivity contribution is 0.532. The molecule has 1 aliphatic rings. The molecule has 9 heteroatoms. The van der Waals surface area contributed by atoms with Crippen LogP contribution in [0.15, 0.2) is 42.1 Å². The highest BCUT2D eigenvalue weighted by Crippen LogP contribution is 2.31. The molecule has 0 unspecified atom stereocenters. The molecule has 0 aliphatic carbocycles. The van der Waals surface area contributed by atoms with Crippen molar-refractivity contribution in [3.63, 3.8) is 0 Å². The molecule has 0 spiro atoms. The molecule has 5 heterocycles. The maximum absolute atomic E-state index is 12.2. The topological polar surface area (TPSA) is 106 Å². The van der Waals surface area contributed by atoms with Gasteiger partial charge in [-0.3, -0.25) is 4.68 Å². The Kier molecular flexibility index (Phi) is 3.63. The summed E-state index contributed by atoms with van der Waals surface area (Å²) >= 11 is 0. The van der Waals surface area contributed by atoms with Crippen LogP contribution in [0.1, 0.15) is 25.6 Å². The van der Waals surface area contributed by atoms with E-state index in [1.807, 2.05) is 35.4 Å². The van der Waals surface area contributed by atoms with E-state index < -0.39 is 9.84 Å². The number of aromatic nitrogens is 6. The molecule has 0 aromatic carbocycles. The van der Waals surface area contributed by atoms with Crippen molar-refractivity contribution in [1.29, 1.82) is 0 Å². The Morgan fingerprint density at radius 3 is 2.79 bits per heavy atom. The SMILES string of the molecule is CC(C)n1cc(-c2cnc3[nH]cc(-c4cc5nc(n4)S(=O)(=O)CC5)c3c2)cn1. The average Bonchev–Trinajstić information content (AvgIpc) is 3.32. The van der Waals surface area contributed by atoms with Crippen molar-refractivity contribution in [2.24, 2.45) is 0 Å². The van der Waals surface area contributed by atoms with E-state index in [1.54, 1.807) is 6.20 Å². The van der Waals surface area contributed by atoms with Crippen molar-refractivity contribution in [3.8, 4) is 22.4 Å². The van der Waals surface area contributed by atoms with Crippen LogP contribution in [-0.2, 0) is 16.3 Å². The Bertz CT molecular complexity index is 1320. The first-order valence-electron chi connectivity index (χ1n) is 9.03. The van der Waals surface area contributed by atoms with E-state index in [1.165, 1.54) is 0 Å². The minimum atomic E-state index is -3.40. The first-order valence-corrected chi connectivity index (χ1v) is 10.7. The summed E-state index contributed by atoms with van der Waals surface area (Å²) in [5, 5.41) is 5.18. The molecule has 0 fully saturated rings. The molecule has 0 atom stereocenters. The van der Waals surface area contributed by atoms with Crippen LogP contribution < -0.4 is 0 Å². The number of H-pyrrole nitrogens is 1. The molecule has 0 saturated heterocycles. The first-order chi connectivity index (χ1) is 13.4. The van der Waals surface area contributed by atoms with Crippen LogP contribution in [0.4, 0.5) is 0 Å². The molecule has 2 bridgehead atoms. The standard InChI is InChI=1S/C19H18N6O2S/c1-11(2)25-10-13(8-22-25)12-5-15-16(9-21-18(15)20-7-12)17-6-14-3-4-28(26,27)19(23-14)24-17/h5-11H,3-4H2,1-2H3,(H,20,21). The maximum Gasteiger partial charge on any atom is 0.247 e. The van der Waals surface area contributed by atoms with Crippen molar-refractivity contribution >= 4 is 20.9 Å². The predicted octanol–water partition coefficient (Wildman–Crippen LogP) is 2.79. The Morgan fingerprint density at radius 1 is 1.14 bits per heavy atom. The van der Waals surface area contributed by atoms with Crippen molar-refractivity contribution in [2.75, 3.05) is 5.75 Å². The number of nitrogens with one attached hydrogen (secondary N) is 1. The molecule has 0 saturated carbocycles. The summed E-state index contributed by atoms with van der Waals surface area (Å²) in [6, 6.07) is 4.15. The third-order valence-corrected chi connectivity index (χ3v) is 6.42. The van der Waals surface area contributed by atoms with Gasteiger partial charge in [-0.25, -0.2) is 23.4 Å². The van der Waals surface area contributed by atoms with Crippen molar-refractivity contribution in [1.82, 2.24) is 29.7 Å². The van der Waals surface area contributed by atoms with Gasteiger partial charge in [0.15, 0.2) is 0 Å². The number of hydrogen-bond acceptors (Lipinski definition) is 6. The van der Waals surface area contributed by atoms with E-state index >= 15 is 0 Å². The van der Waals surface area contributed by atoms with Gasteiger partial charge in [-0.2, -0.15) is 5.10 Å². The highest BCUT2D eigenvalue weighted by Gasteiger charge is 2.26. The molecule has 4 aromatic rings. The Balaban J connectivity index is 1.65. The van der Waals surface area contributed by atoms with E-state index in [0.717, 1.165) is 33.4 Å². The van der Waals surface area contributed by atoms with Gasteiger partial charge >= 0.3 is 0 Å². The largest absolute Gasteiger partial charge is 0.345 e. The molecule has 1 aliphatic heterocycles. The highest BCUT2D eigenvalue weighted by molar-refractivity contribution is 7.91. The number of pyridine rings is 1. The fourth-order valence-corrected chi connectivity index (χ4v) is 4.51. The number of fused-ring (bicyclic) bond motifs is 3. The quantitative estimate of drug-likeness (QED) is 0.536. The van der Waals surface area contributed by atoms with Crippen LogP contribution in [0.25, 0.3) is 33.4 Å². The number of sulfone groups is 1. The van der Waals surface area contributed by atoms with E-state index in [-0.39, 0.29) is 17.0 Å². The molecule has 1 N–H and O–H groups in total. The second-order valence-corrected chi connectivity index (χ2v) is 9.22. The Labute approximate surface area is 161 Å². The third kappa shape index (κ3) is 2.70. The van der Waals surface area contributed by atoms with E-state index in [0.29, 0.717) is 12.1 Å². The van der Waals surface area contributed by atoms with E-state index in [9.17, 15) is 8.42 Å². The molecular weight excluding hydrogens is 376 g/mol. The van der Waals surface area contributed by atoms with Gasteiger partial charge in [0.25, 0.3) is 0 Å². The Hall–Kier alpha value is -3.07. The van der Waals surface area contributed by atoms with Crippen LogP contribution in [0, 0.1) is 0 Å². The molecule has 0 radical (unpaired) electrons. The summed E-state index contributed by atoms with van der Waals surface area (Å²) in [5.74, 6) is 0.0634. The van der Waals surface area contributed by atoms with Gasteiger partial charge in [-0.15, -0.1) is 0 Å². The summed E-state index contributed by atoms with van der Waals surface area (Å²) in [4.78, 5) is 16.1. The molecule has 28 heavy (non-hydrogen) atoms. The van der Waals surface area contributed by atoms with E-state index in [4.69, 9.17) is 0 Å². The van der Waals surface area contributed by atoms with Gasteiger partial charge in [-0.1, -0.05) is 0 Å². The van der Waals surface area contributed by atoms with Crippen molar-refractivity contribution in [2.45, 2.75) is 31.5 Å². The monoisotopic (exact) mass is 394 g/mol. The summed E-state index contributed by atoms with van der Waals surface area (Å²) in [6.45, 7) is 4.15. The van der Waals surface area contributed by atoms with Crippen LogP contribution in [-0.4, -0.2) is 43.9 Å².